The van der Waals surface area contributed by atoms with Crippen LogP contribution in [0.15, 0.2) is 12.3 Å². The van der Waals surface area contributed by atoms with E-state index in [2.05, 4.69) is 29.2 Å². The minimum absolute atomic E-state index is 0.537. The van der Waals surface area contributed by atoms with Crippen LogP contribution in [0.4, 0.5) is 0 Å². The van der Waals surface area contributed by atoms with Gasteiger partial charge in [0.2, 0.25) is 5.88 Å². The summed E-state index contributed by atoms with van der Waals surface area (Å²) in [6, 6.07) is 2.69. The number of hydrogen-bond donors (Lipinski definition) is 1. The fourth-order valence-electron chi connectivity index (χ4n) is 2.06. The molecule has 20 heavy (non-hydrogen) atoms. The third-order valence-electron chi connectivity index (χ3n) is 3.47. The molecule has 0 amide bonds. The first-order valence-electron chi connectivity index (χ1n) is 7.39. The van der Waals surface area contributed by atoms with Gasteiger partial charge in [-0.2, -0.15) is 0 Å². The van der Waals surface area contributed by atoms with E-state index in [0.717, 1.165) is 37.7 Å². The van der Waals surface area contributed by atoms with Crippen LogP contribution in [0.25, 0.3) is 0 Å². The van der Waals surface area contributed by atoms with E-state index in [0.29, 0.717) is 17.5 Å². The van der Waals surface area contributed by atoms with Crippen molar-refractivity contribution in [2.24, 2.45) is 0 Å². The normalized spacial score (nSPS) is 14.8. The zero-order chi connectivity index (χ0) is 14.4. The standard InChI is InChI=1S/C15H24ClN3O/c1-3-6-17-10-12-9-14(16)15(18-11-12)20-8-7-19(2)13-4-5-13/h9,11,13,17H,3-8,10H2,1-2H3. The minimum Gasteiger partial charge on any atom is -0.475 e. The van der Waals surface area contributed by atoms with Crippen LogP contribution in [0.2, 0.25) is 5.02 Å². The summed E-state index contributed by atoms with van der Waals surface area (Å²) >= 11 is 6.20. The Hall–Kier alpha value is -0.840. The van der Waals surface area contributed by atoms with Gasteiger partial charge in [-0.1, -0.05) is 18.5 Å². The summed E-state index contributed by atoms with van der Waals surface area (Å²) in [5.41, 5.74) is 1.09. The van der Waals surface area contributed by atoms with Crippen molar-refractivity contribution < 1.29 is 4.74 Å². The highest BCUT2D eigenvalue weighted by Crippen LogP contribution is 2.25. The number of halogens is 1. The Morgan fingerprint density at radius 2 is 2.30 bits per heavy atom. The average molecular weight is 298 g/mol. The van der Waals surface area contributed by atoms with Crippen molar-refractivity contribution in [2.75, 3.05) is 26.7 Å². The summed E-state index contributed by atoms with van der Waals surface area (Å²) in [4.78, 5) is 6.63. The molecule has 1 aliphatic carbocycles. The van der Waals surface area contributed by atoms with Gasteiger partial charge in [0.25, 0.3) is 0 Å². The van der Waals surface area contributed by atoms with E-state index in [9.17, 15) is 0 Å². The van der Waals surface area contributed by atoms with Gasteiger partial charge in [0.1, 0.15) is 11.6 Å². The molecule has 1 aromatic heterocycles. The van der Waals surface area contributed by atoms with E-state index in [-0.39, 0.29) is 0 Å². The number of ether oxygens (including phenoxy) is 1. The Kier molecular flexibility index (Phi) is 6.07. The monoisotopic (exact) mass is 297 g/mol. The second kappa shape index (κ2) is 7.81. The zero-order valence-corrected chi connectivity index (χ0v) is 13.1. The molecule has 0 saturated heterocycles. The Morgan fingerprint density at radius 3 is 2.95 bits per heavy atom. The number of hydrogen-bond acceptors (Lipinski definition) is 4. The largest absolute Gasteiger partial charge is 0.475 e. The van der Waals surface area contributed by atoms with E-state index in [1.165, 1.54) is 12.8 Å². The molecule has 1 fully saturated rings. The molecule has 0 bridgehead atoms. The lowest BCUT2D eigenvalue weighted by Crippen LogP contribution is -2.26. The van der Waals surface area contributed by atoms with Gasteiger partial charge in [-0.3, -0.25) is 0 Å². The molecule has 1 heterocycles. The average Bonchev–Trinajstić information content (AvgIpc) is 3.26. The molecule has 0 aliphatic heterocycles. The number of aromatic nitrogens is 1. The summed E-state index contributed by atoms with van der Waals surface area (Å²) in [6.07, 6.45) is 5.58. The predicted octanol–water partition coefficient (Wildman–Crippen LogP) is 2.71. The maximum Gasteiger partial charge on any atom is 0.232 e. The Morgan fingerprint density at radius 1 is 1.50 bits per heavy atom. The quantitative estimate of drug-likeness (QED) is 0.711. The molecule has 1 saturated carbocycles. The molecule has 2 rings (SSSR count). The van der Waals surface area contributed by atoms with Gasteiger partial charge in [0.05, 0.1) is 0 Å². The molecule has 0 unspecified atom stereocenters. The highest BCUT2D eigenvalue weighted by Gasteiger charge is 2.25. The molecule has 112 valence electrons. The second-order valence-electron chi connectivity index (χ2n) is 5.37. The van der Waals surface area contributed by atoms with Gasteiger partial charge in [0, 0.05) is 25.3 Å². The fraction of sp³-hybridized carbons (Fsp3) is 0.667. The summed E-state index contributed by atoms with van der Waals surface area (Å²) in [7, 11) is 2.14. The van der Waals surface area contributed by atoms with Crippen molar-refractivity contribution in [3.63, 3.8) is 0 Å². The molecular weight excluding hydrogens is 274 g/mol. The molecule has 4 nitrogen and oxygen atoms in total. The van der Waals surface area contributed by atoms with Gasteiger partial charge < -0.3 is 15.0 Å². The third-order valence-corrected chi connectivity index (χ3v) is 3.74. The van der Waals surface area contributed by atoms with Crippen molar-refractivity contribution in [3.05, 3.63) is 22.8 Å². The minimum atomic E-state index is 0.537. The van der Waals surface area contributed by atoms with E-state index in [1.54, 1.807) is 0 Å². The van der Waals surface area contributed by atoms with Gasteiger partial charge >= 0.3 is 0 Å². The van der Waals surface area contributed by atoms with Crippen LogP contribution in [0.3, 0.4) is 0 Å². The number of nitrogens with zero attached hydrogens (tertiary/aromatic N) is 2. The Bertz CT molecular complexity index is 424. The predicted molar refractivity (Wildman–Crippen MR) is 82.4 cm³/mol. The molecule has 5 heteroatoms. The van der Waals surface area contributed by atoms with E-state index >= 15 is 0 Å². The smallest absolute Gasteiger partial charge is 0.232 e. The van der Waals surface area contributed by atoms with Gasteiger partial charge in [-0.25, -0.2) is 4.98 Å². The van der Waals surface area contributed by atoms with Gasteiger partial charge in [-0.05, 0) is 44.5 Å². The molecule has 0 spiro atoms. The maximum atomic E-state index is 6.20. The van der Waals surface area contributed by atoms with Crippen molar-refractivity contribution in [1.29, 1.82) is 0 Å². The van der Waals surface area contributed by atoms with E-state index in [4.69, 9.17) is 16.3 Å². The van der Waals surface area contributed by atoms with Crippen LogP contribution in [-0.4, -0.2) is 42.7 Å². The summed E-state index contributed by atoms with van der Waals surface area (Å²) < 4.78 is 5.66. The molecule has 0 aromatic carbocycles. The van der Waals surface area contributed by atoms with Crippen molar-refractivity contribution in [1.82, 2.24) is 15.2 Å². The van der Waals surface area contributed by atoms with E-state index < -0.39 is 0 Å². The number of rotatable bonds is 9. The van der Waals surface area contributed by atoms with Crippen LogP contribution in [-0.2, 0) is 6.54 Å². The maximum absolute atomic E-state index is 6.20. The third kappa shape index (κ3) is 4.93. The highest BCUT2D eigenvalue weighted by molar-refractivity contribution is 6.31. The summed E-state index contributed by atoms with van der Waals surface area (Å²) in [5, 5.41) is 3.92. The zero-order valence-electron chi connectivity index (χ0n) is 12.4. The second-order valence-corrected chi connectivity index (χ2v) is 5.77. The fourth-order valence-corrected chi connectivity index (χ4v) is 2.31. The lowest BCUT2D eigenvalue weighted by Gasteiger charge is -2.16. The molecule has 1 aromatic rings. The lowest BCUT2D eigenvalue weighted by atomic mass is 10.3. The molecule has 1 aliphatic rings. The van der Waals surface area contributed by atoms with Crippen LogP contribution < -0.4 is 10.1 Å². The Labute approximate surface area is 126 Å². The SMILES string of the molecule is CCCNCc1cnc(OCCN(C)C2CC2)c(Cl)c1. The van der Waals surface area contributed by atoms with Crippen LogP contribution in [0, 0.1) is 0 Å². The van der Waals surface area contributed by atoms with Crippen LogP contribution in [0.5, 0.6) is 5.88 Å². The first-order valence-corrected chi connectivity index (χ1v) is 7.76. The summed E-state index contributed by atoms with van der Waals surface area (Å²) in [6.45, 7) is 5.50. The van der Waals surface area contributed by atoms with Crippen LogP contribution in [0.1, 0.15) is 31.7 Å². The van der Waals surface area contributed by atoms with Crippen molar-refractivity contribution in [2.45, 2.75) is 38.8 Å². The number of pyridine rings is 1. The molecule has 0 atom stereocenters. The number of nitrogens with one attached hydrogen (secondary N) is 1. The molecule has 0 radical (unpaired) electrons. The van der Waals surface area contributed by atoms with Gasteiger partial charge in [0.15, 0.2) is 0 Å². The van der Waals surface area contributed by atoms with Crippen molar-refractivity contribution in [3.8, 4) is 5.88 Å². The number of likely N-dealkylation sites (N-methyl/N-ethyl adjacent to an activating group) is 1. The van der Waals surface area contributed by atoms with Gasteiger partial charge in [-0.15, -0.1) is 0 Å². The first-order chi connectivity index (χ1) is 9.70. The first kappa shape index (κ1) is 15.5. The summed E-state index contributed by atoms with van der Waals surface area (Å²) in [5.74, 6) is 0.537. The molecular formula is C15H24ClN3O. The highest BCUT2D eigenvalue weighted by atomic mass is 35.5. The van der Waals surface area contributed by atoms with E-state index in [1.807, 2.05) is 12.3 Å². The lowest BCUT2D eigenvalue weighted by molar-refractivity contribution is 0.226. The topological polar surface area (TPSA) is 37.4 Å². The molecule has 1 N–H and O–H groups in total. The van der Waals surface area contributed by atoms with Crippen molar-refractivity contribution >= 4 is 11.6 Å². The van der Waals surface area contributed by atoms with Crippen LogP contribution >= 0.6 is 11.6 Å². The Balaban J connectivity index is 1.76.